The van der Waals surface area contributed by atoms with Crippen LogP contribution in [-0.2, 0) is 4.74 Å². The summed E-state index contributed by atoms with van der Waals surface area (Å²) in [6, 6.07) is 5.62. The molecule has 14 heteroatoms. The molecule has 0 spiro atoms. The predicted molar refractivity (Wildman–Crippen MR) is 194 cm³/mol. The highest BCUT2D eigenvalue weighted by Gasteiger charge is 2.33. The van der Waals surface area contributed by atoms with E-state index in [2.05, 4.69) is 50.9 Å². The van der Waals surface area contributed by atoms with E-state index in [9.17, 15) is 4.79 Å². The van der Waals surface area contributed by atoms with Crippen LogP contribution < -0.4 is 9.64 Å². The number of rotatable bonds is 9. The Balaban J connectivity index is 1.60. The van der Waals surface area contributed by atoms with E-state index in [-0.39, 0.29) is 34.2 Å². The summed E-state index contributed by atoms with van der Waals surface area (Å²) in [5.41, 5.74) is 2.27. The monoisotopic (exact) mass is 783 g/mol. The van der Waals surface area contributed by atoms with Gasteiger partial charge in [0.2, 0.25) is 0 Å². The number of hydrogen-bond acceptors (Lipinski definition) is 8. The minimum absolute atomic E-state index is 0.0953. The molecule has 5 rings (SSSR count). The molecule has 1 fully saturated rings. The molecule has 1 aliphatic heterocycles. The van der Waals surface area contributed by atoms with Gasteiger partial charge in [0, 0.05) is 54.1 Å². The number of piperazine rings is 1. The first-order chi connectivity index (χ1) is 21.9. The second-order valence-electron chi connectivity index (χ2n) is 12.4. The zero-order valence-corrected chi connectivity index (χ0v) is 31.2. The summed E-state index contributed by atoms with van der Waals surface area (Å²) in [5, 5.41) is 6.08. The van der Waals surface area contributed by atoms with Crippen molar-refractivity contribution in [1.29, 1.82) is 0 Å². The maximum Gasteiger partial charge on any atom is 0.410 e. The van der Waals surface area contributed by atoms with Crippen molar-refractivity contribution in [2.75, 3.05) is 50.8 Å². The van der Waals surface area contributed by atoms with Crippen molar-refractivity contribution in [2.24, 2.45) is 0 Å². The summed E-state index contributed by atoms with van der Waals surface area (Å²) in [7, 11) is 0. The quantitative estimate of drug-likeness (QED) is 0.126. The number of halogens is 3. The Bertz CT molecular complexity index is 1750. The van der Waals surface area contributed by atoms with Crippen LogP contribution in [0.3, 0.4) is 0 Å². The third kappa shape index (κ3) is 7.15. The van der Waals surface area contributed by atoms with Crippen LogP contribution >= 0.6 is 40.0 Å². The molecule has 1 unspecified atom stereocenters. The Labute approximate surface area is 289 Å². The first-order valence-electron chi connectivity index (χ1n) is 15.5. The number of benzene rings is 2. The second kappa shape index (κ2) is 14.3. The summed E-state index contributed by atoms with van der Waals surface area (Å²) < 4.78 is 30.6. The highest BCUT2D eigenvalue weighted by atomic mass is 127. The normalized spacial score (nSPS) is 16.0. The molecule has 1 amide bonds. The zero-order valence-electron chi connectivity index (χ0n) is 27.3. The van der Waals surface area contributed by atoms with Gasteiger partial charge in [-0.2, -0.15) is 15.1 Å². The maximum absolute atomic E-state index is 16.9. The van der Waals surface area contributed by atoms with E-state index < -0.39 is 11.4 Å². The average molecular weight is 784 g/mol. The van der Waals surface area contributed by atoms with Crippen LogP contribution in [0.4, 0.5) is 15.0 Å². The number of nitrogens with zero attached hydrogens (tertiary/aromatic N) is 7. The van der Waals surface area contributed by atoms with Crippen molar-refractivity contribution in [1.82, 2.24) is 29.3 Å². The number of likely N-dealkylation sites (N-methyl/N-ethyl adjacent to an activating group) is 1. The molecule has 4 aromatic rings. The van der Waals surface area contributed by atoms with Crippen LogP contribution in [0.25, 0.3) is 32.9 Å². The lowest BCUT2D eigenvalue weighted by molar-refractivity contribution is 0.0158. The Kier molecular flexibility index (Phi) is 10.8. The minimum atomic E-state index is -0.599. The van der Waals surface area contributed by atoms with Gasteiger partial charge >= 0.3 is 12.1 Å². The van der Waals surface area contributed by atoms with Gasteiger partial charge in [-0.05, 0) is 87.4 Å². The van der Waals surface area contributed by atoms with Gasteiger partial charge in [0.25, 0.3) is 0 Å². The molecular weight excluding hydrogens is 743 g/mol. The van der Waals surface area contributed by atoms with E-state index in [1.54, 1.807) is 17.2 Å². The summed E-state index contributed by atoms with van der Waals surface area (Å²) in [6.07, 6.45) is 1.80. The molecule has 0 bridgehead atoms. The maximum atomic E-state index is 16.9. The zero-order chi connectivity index (χ0) is 33.3. The Morgan fingerprint density at radius 2 is 1.91 bits per heavy atom. The molecule has 10 nitrogen and oxygen atoms in total. The summed E-state index contributed by atoms with van der Waals surface area (Å²) >= 11 is 9.24. The third-order valence-corrected chi connectivity index (χ3v) is 10.4. The van der Waals surface area contributed by atoms with Gasteiger partial charge in [-0.1, -0.05) is 31.5 Å². The smallest absolute Gasteiger partial charge is 0.410 e. The highest BCUT2D eigenvalue weighted by molar-refractivity contribution is 14.2. The molecule has 3 heterocycles. The van der Waals surface area contributed by atoms with Crippen molar-refractivity contribution in [2.45, 2.75) is 60.1 Å². The number of anilines is 1. The van der Waals surface area contributed by atoms with E-state index in [1.165, 1.54) is 0 Å². The van der Waals surface area contributed by atoms with Crippen molar-refractivity contribution in [3.05, 3.63) is 40.8 Å². The SMILES string of the molecule is CCN(CC)CCOc1nc(N2CCN(C(=O)OC(C)(C)C)[C@H](C)C2)c2cc(Cl)c(-c3c(C)ccc4c3cnn4PI)c(F)c2n1. The van der Waals surface area contributed by atoms with Crippen LogP contribution in [0.2, 0.25) is 5.02 Å². The van der Waals surface area contributed by atoms with Crippen molar-refractivity contribution < 1.29 is 18.7 Å². The molecule has 0 N–H and O–H groups in total. The van der Waals surface area contributed by atoms with Crippen LogP contribution in [0.15, 0.2) is 24.4 Å². The molecule has 46 heavy (non-hydrogen) atoms. The van der Waals surface area contributed by atoms with Gasteiger partial charge in [-0.15, -0.1) is 0 Å². The van der Waals surface area contributed by atoms with Crippen LogP contribution in [0.5, 0.6) is 6.01 Å². The van der Waals surface area contributed by atoms with Crippen LogP contribution in [0.1, 0.15) is 47.1 Å². The third-order valence-electron chi connectivity index (χ3n) is 8.22. The fourth-order valence-electron chi connectivity index (χ4n) is 5.85. The number of aromatic nitrogens is 4. The van der Waals surface area contributed by atoms with E-state index in [0.29, 0.717) is 55.9 Å². The fraction of sp³-hybridized carbons (Fsp3) is 0.500. The van der Waals surface area contributed by atoms with E-state index in [1.807, 2.05) is 56.1 Å². The van der Waals surface area contributed by atoms with Crippen LogP contribution in [-0.4, -0.2) is 92.9 Å². The molecule has 2 atom stereocenters. The average Bonchev–Trinajstić information content (AvgIpc) is 3.42. The molecule has 0 aliphatic carbocycles. The summed E-state index contributed by atoms with van der Waals surface area (Å²) in [5.74, 6) is -0.0276. The van der Waals surface area contributed by atoms with Gasteiger partial charge in [-0.3, -0.25) is 0 Å². The second-order valence-corrected chi connectivity index (χ2v) is 14.9. The Morgan fingerprint density at radius 3 is 2.57 bits per heavy atom. The topological polar surface area (TPSA) is 88.9 Å². The number of carbonyl (C=O) groups is 1. The van der Waals surface area contributed by atoms with E-state index in [0.717, 1.165) is 29.6 Å². The number of carbonyl (C=O) groups excluding carboxylic acids is 1. The van der Waals surface area contributed by atoms with Gasteiger partial charge in [0.15, 0.2) is 5.82 Å². The Morgan fingerprint density at radius 1 is 1.17 bits per heavy atom. The van der Waals surface area contributed by atoms with Gasteiger partial charge < -0.3 is 24.2 Å². The predicted octanol–water partition coefficient (Wildman–Crippen LogP) is 7.71. The minimum Gasteiger partial charge on any atom is -0.462 e. The van der Waals surface area contributed by atoms with Crippen LogP contribution in [0, 0.1) is 12.7 Å². The number of aryl methyl sites for hydroxylation is 1. The molecule has 0 radical (unpaired) electrons. The lowest BCUT2D eigenvalue weighted by Crippen LogP contribution is -2.55. The number of ether oxygens (including phenoxy) is 2. The highest BCUT2D eigenvalue weighted by Crippen LogP contribution is 2.43. The lowest BCUT2D eigenvalue weighted by Gasteiger charge is -2.41. The first kappa shape index (κ1) is 34.8. The molecule has 248 valence electrons. The van der Waals surface area contributed by atoms with Crippen molar-refractivity contribution in [3.8, 4) is 17.1 Å². The molecule has 0 saturated carbocycles. The summed E-state index contributed by atoms with van der Waals surface area (Å²) in [6.45, 7) is 17.8. The molecule has 2 aromatic carbocycles. The molecule has 1 saturated heterocycles. The molecule has 2 aromatic heterocycles. The molecular formula is C32H41ClFIN7O3P. The lowest BCUT2D eigenvalue weighted by atomic mass is 9.95. The van der Waals surface area contributed by atoms with Gasteiger partial charge in [-0.25, -0.2) is 13.6 Å². The molecule has 1 aliphatic rings. The van der Waals surface area contributed by atoms with E-state index >= 15 is 4.39 Å². The van der Waals surface area contributed by atoms with E-state index in [4.69, 9.17) is 26.1 Å². The summed E-state index contributed by atoms with van der Waals surface area (Å²) in [4.78, 5) is 28.3. The van der Waals surface area contributed by atoms with Crippen molar-refractivity contribution in [3.63, 3.8) is 0 Å². The first-order valence-corrected chi connectivity index (χ1v) is 19.9. The van der Waals surface area contributed by atoms with Crippen molar-refractivity contribution >= 4 is 73.7 Å². The van der Waals surface area contributed by atoms with Gasteiger partial charge in [0.05, 0.1) is 23.1 Å². The number of amides is 1. The largest absolute Gasteiger partial charge is 0.462 e. The number of hydrogen-bond donors (Lipinski definition) is 0. The Hall–Kier alpha value is -2.54. The fourth-order valence-corrected chi connectivity index (χ4v) is 7.68. The van der Waals surface area contributed by atoms with Gasteiger partial charge in [0.1, 0.15) is 23.5 Å². The standard InChI is InChI=1S/C32H41ClFIN7O3P/c1-8-39(9-2)14-15-44-30-37-28-21(29(38-30)40-12-13-41(20(4)18-40)31(43)45-32(5,6)7)16-23(33)26(27(28)34)25-19(3)10-11-24-22(25)17-36-42(24)46-35/h10-11,16-17,20,46H,8-9,12-15,18H2,1-7H3/t20-/m1/s1. The number of fused-ring (bicyclic) bond motifs is 2.